The number of aryl methyl sites for hydroxylation is 2. The van der Waals surface area contributed by atoms with Gasteiger partial charge < -0.3 is 4.90 Å². The number of amides is 1. The van der Waals surface area contributed by atoms with Gasteiger partial charge in [0.05, 0.1) is 0 Å². The molecule has 2 atom stereocenters. The van der Waals surface area contributed by atoms with Crippen molar-refractivity contribution in [1.82, 2.24) is 9.80 Å². The number of thiophene rings is 1. The molecule has 1 aliphatic rings. The maximum Gasteiger partial charge on any atom is 0.254 e. The van der Waals surface area contributed by atoms with E-state index < -0.39 is 0 Å². The van der Waals surface area contributed by atoms with Crippen LogP contribution >= 0.6 is 11.3 Å². The fraction of sp³-hybridized carbons (Fsp3) is 0.393. The third kappa shape index (κ3) is 5.13. The van der Waals surface area contributed by atoms with Gasteiger partial charge in [0.2, 0.25) is 0 Å². The molecule has 1 amide bonds. The third-order valence-electron chi connectivity index (χ3n) is 6.69. The summed E-state index contributed by atoms with van der Waals surface area (Å²) < 4.78 is 0. The Balaban J connectivity index is 1.58. The monoisotopic (exact) mass is 446 g/mol. The Morgan fingerprint density at radius 3 is 2.38 bits per heavy atom. The molecule has 0 bridgehead atoms. The lowest BCUT2D eigenvalue weighted by Crippen LogP contribution is -2.42. The smallest absolute Gasteiger partial charge is 0.254 e. The Labute approximate surface area is 196 Å². The van der Waals surface area contributed by atoms with Gasteiger partial charge in [0.1, 0.15) is 0 Å². The summed E-state index contributed by atoms with van der Waals surface area (Å²) in [7, 11) is 0. The van der Waals surface area contributed by atoms with E-state index in [-0.39, 0.29) is 11.9 Å². The molecule has 2 heterocycles. The van der Waals surface area contributed by atoms with Gasteiger partial charge in [0.15, 0.2) is 0 Å². The van der Waals surface area contributed by atoms with Crippen molar-refractivity contribution in [1.29, 1.82) is 0 Å². The average molecular weight is 447 g/mol. The van der Waals surface area contributed by atoms with Gasteiger partial charge in [-0.25, -0.2) is 0 Å². The first kappa shape index (κ1) is 22.8. The topological polar surface area (TPSA) is 23.6 Å². The third-order valence-corrected chi connectivity index (χ3v) is 7.70. The van der Waals surface area contributed by atoms with Crippen LogP contribution in [0.2, 0.25) is 0 Å². The van der Waals surface area contributed by atoms with Crippen LogP contribution in [0, 0.1) is 19.8 Å². The molecule has 32 heavy (non-hydrogen) atoms. The van der Waals surface area contributed by atoms with Gasteiger partial charge in [-0.3, -0.25) is 9.69 Å². The van der Waals surface area contributed by atoms with Crippen molar-refractivity contribution in [2.75, 3.05) is 19.6 Å². The Bertz CT molecular complexity index is 1030. The van der Waals surface area contributed by atoms with Crippen LogP contribution in [0.1, 0.15) is 51.7 Å². The standard InChI is InChI=1S/C28H34N2OS/c1-20(2)30(28(31)24-8-6-5-7-9-24)17-25-16-29(19-27-22(4)14-15-32-27)18-26(25)23-12-10-21(3)11-13-23/h5-15,20,25-26H,16-19H2,1-4H3/t25-,26-/m0/s1. The van der Waals surface area contributed by atoms with Crippen molar-refractivity contribution in [3.8, 4) is 0 Å². The summed E-state index contributed by atoms with van der Waals surface area (Å²) in [6.45, 7) is 12.4. The van der Waals surface area contributed by atoms with Crippen LogP contribution in [0.4, 0.5) is 0 Å². The number of hydrogen-bond donors (Lipinski definition) is 0. The number of benzene rings is 2. The molecule has 0 unspecified atom stereocenters. The maximum atomic E-state index is 13.4. The van der Waals surface area contributed by atoms with E-state index >= 15 is 0 Å². The number of rotatable bonds is 7. The first-order chi connectivity index (χ1) is 15.4. The van der Waals surface area contributed by atoms with E-state index in [1.165, 1.54) is 21.6 Å². The molecule has 4 rings (SSSR count). The molecule has 0 aliphatic carbocycles. The van der Waals surface area contributed by atoms with Gasteiger partial charge in [0, 0.05) is 48.6 Å². The second-order valence-corrected chi connectivity index (χ2v) is 10.4. The Kier molecular flexibility index (Phi) is 7.12. The van der Waals surface area contributed by atoms with Crippen molar-refractivity contribution in [2.45, 2.75) is 46.2 Å². The first-order valence-electron chi connectivity index (χ1n) is 11.6. The number of carbonyl (C=O) groups excluding carboxylic acids is 1. The minimum atomic E-state index is 0.135. The van der Waals surface area contributed by atoms with E-state index in [0.29, 0.717) is 11.8 Å². The molecule has 4 heteroatoms. The molecule has 3 aromatic rings. The van der Waals surface area contributed by atoms with Gasteiger partial charge in [-0.15, -0.1) is 11.3 Å². The highest BCUT2D eigenvalue weighted by Crippen LogP contribution is 2.35. The predicted molar refractivity (Wildman–Crippen MR) is 134 cm³/mol. The molecule has 0 radical (unpaired) electrons. The van der Waals surface area contributed by atoms with Gasteiger partial charge in [-0.2, -0.15) is 0 Å². The highest BCUT2D eigenvalue weighted by Gasteiger charge is 2.36. The second-order valence-electron chi connectivity index (χ2n) is 9.42. The Hall–Kier alpha value is -2.43. The molecule has 1 saturated heterocycles. The van der Waals surface area contributed by atoms with Crippen LogP contribution in [-0.2, 0) is 6.54 Å². The number of nitrogens with zero attached hydrogens (tertiary/aromatic N) is 2. The highest BCUT2D eigenvalue weighted by molar-refractivity contribution is 7.10. The van der Waals surface area contributed by atoms with Crippen molar-refractivity contribution in [3.63, 3.8) is 0 Å². The summed E-state index contributed by atoms with van der Waals surface area (Å²) in [5.41, 5.74) is 4.84. The lowest BCUT2D eigenvalue weighted by Gasteiger charge is -2.32. The van der Waals surface area contributed by atoms with Crippen molar-refractivity contribution < 1.29 is 4.79 Å². The van der Waals surface area contributed by atoms with Crippen LogP contribution in [0.25, 0.3) is 0 Å². The Morgan fingerprint density at radius 2 is 1.75 bits per heavy atom. The van der Waals surface area contributed by atoms with Crippen LogP contribution in [0.3, 0.4) is 0 Å². The van der Waals surface area contributed by atoms with E-state index in [1.54, 1.807) is 0 Å². The molecule has 0 N–H and O–H groups in total. The van der Waals surface area contributed by atoms with E-state index in [2.05, 4.69) is 73.2 Å². The minimum Gasteiger partial charge on any atom is -0.336 e. The molecular formula is C28H34N2OS. The maximum absolute atomic E-state index is 13.4. The van der Waals surface area contributed by atoms with Crippen molar-refractivity contribution >= 4 is 17.2 Å². The molecule has 2 aromatic carbocycles. The Morgan fingerprint density at radius 1 is 1.03 bits per heavy atom. The minimum absolute atomic E-state index is 0.135. The summed E-state index contributed by atoms with van der Waals surface area (Å²) in [5, 5.41) is 2.19. The van der Waals surface area contributed by atoms with Crippen LogP contribution < -0.4 is 0 Å². The van der Waals surface area contributed by atoms with E-state index in [0.717, 1.165) is 31.7 Å². The molecule has 168 valence electrons. The largest absolute Gasteiger partial charge is 0.336 e. The molecular weight excluding hydrogens is 412 g/mol. The van der Waals surface area contributed by atoms with Crippen LogP contribution in [-0.4, -0.2) is 41.4 Å². The van der Waals surface area contributed by atoms with E-state index in [1.807, 2.05) is 41.7 Å². The van der Waals surface area contributed by atoms with E-state index in [4.69, 9.17) is 0 Å². The fourth-order valence-corrected chi connectivity index (χ4v) is 5.71. The van der Waals surface area contributed by atoms with Crippen LogP contribution in [0.15, 0.2) is 66.0 Å². The van der Waals surface area contributed by atoms with Crippen molar-refractivity contribution in [2.24, 2.45) is 5.92 Å². The SMILES string of the molecule is Cc1ccc([C@@H]2CN(Cc3sccc3C)C[C@H]2CN(C(=O)c2ccccc2)C(C)C)cc1. The van der Waals surface area contributed by atoms with Gasteiger partial charge >= 0.3 is 0 Å². The fourth-order valence-electron chi connectivity index (χ4n) is 4.76. The molecule has 1 aliphatic heterocycles. The average Bonchev–Trinajstić information content (AvgIpc) is 3.38. The van der Waals surface area contributed by atoms with E-state index in [9.17, 15) is 4.79 Å². The molecule has 1 fully saturated rings. The normalized spacial score (nSPS) is 18.9. The number of likely N-dealkylation sites (tertiary alicyclic amines) is 1. The van der Waals surface area contributed by atoms with Crippen molar-refractivity contribution in [3.05, 3.63) is 93.2 Å². The summed E-state index contributed by atoms with van der Waals surface area (Å²) in [4.78, 5) is 19.5. The summed E-state index contributed by atoms with van der Waals surface area (Å²) >= 11 is 1.85. The zero-order chi connectivity index (χ0) is 22.7. The summed E-state index contributed by atoms with van der Waals surface area (Å²) in [6.07, 6.45) is 0. The quantitative estimate of drug-likeness (QED) is 0.436. The zero-order valence-corrected chi connectivity index (χ0v) is 20.4. The number of carbonyl (C=O) groups is 1. The zero-order valence-electron chi connectivity index (χ0n) is 19.6. The van der Waals surface area contributed by atoms with Gasteiger partial charge in [-0.05, 0) is 68.3 Å². The number of hydrogen-bond acceptors (Lipinski definition) is 3. The highest BCUT2D eigenvalue weighted by atomic mass is 32.1. The van der Waals surface area contributed by atoms with Gasteiger partial charge in [0.25, 0.3) is 5.91 Å². The lowest BCUT2D eigenvalue weighted by atomic mass is 9.88. The van der Waals surface area contributed by atoms with Crippen LogP contribution in [0.5, 0.6) is 0 Å². The summed E-state index contributed by atoms with van der Waals surface area (Å²) in [6, 6.07) is 21.1. The molecule has 0 saturated carbocycles. The summed E-state index contributed by atoms with van der Waals surface area (Å²) in [5.74, 6) is 0.976. The van der Waals surface area contributed by atoms with Gasteiger partial charge in [-0.1, -0.05) is 48.0 Å². The molecule has 1 aromatic heterocycles. The predicted octanol–water partition coefficient (Wildman–Crippen LogP) is 6.13. The first-order valence-corrected chi connectivity index (χ1v) is 12.5. The lowest BCUT2D eigenvalue weighted by molar-refractivity contribution is 0.0668. The molecule has 0 spiro atoms. The second kappa shape index (κ2) is 10.0. The molecule has 3 nitrogen and oxygen atoms in total.